The predicted octanol–water partition coefficient (Wildman–Crippen LogP) is 4.77. The van der Waals surface area contributed by atoms with Crippen molar-refractivity contribution in [1.29, 1.82) is 0 Å². The first kappa shape index (κ1) is 16.8. The van der Waals surface area contributed by atoms with Crippen molar-refractivity contribution in [3.05, 3.63) is 66.4 Å². The molecule has 4 heteroatoms. The largest absolute Gasteiger partial charge is 0.502 e. The fraction of sp³-hybridized carbons (Fsp3) is 0.190. The van der Waals surface area contributed by atoms with Gasteiger partial charge >= 0.3 is 5.97 Å². The molecule has 3 rings (SSSR count). The van der Waals surface area contributed by atoms with E-state index in [1.807, 2.05) is 36.4 Å². The minimum Gasteiger partial charge on any atom is -0.502 e. The summed E-state index contributed by atoms with van der Waals surface area (Å²) in [7, 11) is 0. The highest BCUT2D eigenvalue weighted by Crippen LogP contribution is 2.34. The molecule has 0 aliphatic rings. The molecule has 0 saturated heterocycles. The first-order valence-corrected chi connectivity index (χ1v) is 8.26. The average molecular weight is 336 g/mol. The van der Waals surface area contributed by atoms with Crippen LogP contribution in [0.2, 0.25) is 0 Å². The van der Waals surface area contributed by atoms with Crippen LogP contribution in [-0.2, 0) is 9.53 Å². The summed E-state index contributed by atoms with van der Waals surface area (Å²) in [6, 6.07) is 18.4. The first-order valence-electron chi connectivity index (χ1n) is 8.26. The third kappa shape index (κ3) is 3.74. The third-order valence-electron chi connectivity index (χ3n) is 3.97. The maximum absolute atomic E-state index is 11.4. The molecule has 0 amide bonds. The molecular formula is C21H20O4. The molecule has 0 fully saturated rings. The van der Waals surface area contributed by atoms with E-state index in [4.69, 9.17) is 9.47 Å². The van der Waals surface area contributed by atoms with Crippen LogP contribution >= 0.6 is 0 Å². The smallest absolute Gasteiger partial charge is 0.373 e. The predicted molar refractivity (Wildman–Crippen MR) is 98.9 cm³/mol. The normalized spacial score (nSPS) is 11.6. The Labute approximate surface area is 146 Å². The zero-order valence-corrected chi connectivity index (χ0v) is 14.1. The van der Waals surface area contributed by atoms with Crippen molar-refractivity contribution >= 4 is 27.5 Å². The van der Waals surface area contributed by atoms with Gasteiger partial charge in [0.2, 0.25) is 0 Å². The van der Waals surface area contributed by atoms with Gasteiger partial charge in [0.1, 0.15) is 5.75 Å². The Bertz CT molecular complexity index is 873. The van der Waals surface area contributed by atoms with Crippen LogP contribution in [0.15, 0.2) is 66.4 Å². The van der Waals surface area contributed by atoms with E-state index in [-0.39, 0.29) is 12.4 Å². The fourth-order valence-corrected chi connectivity index (χ4v) is 2.72. The molecular weight excluding hydrogens is 316 g/mol. The fourth-order valence-electron chi connectivity index (χ4n) is 2.72. The van der Waals surface area contributed by atoms with Crippen molar-refractivity contribution in [2.24, 2.45) is 0 Å². The second-order valence-corrected chi connectivity index (χ2v) is 5.66. The van der Waals surface area contributed by atoms with Crippen molar-refractivity contribution < 1.29 is 19.4 Å². The number of carbonyl (C=O) groups excluding carboxylic acids is 1. The van der Waals surface area contributed by atoms with E-state index in [1.54, 1.807) is 6.92 Å². The molecule has 0 saturated carbocycles. The SMILES string of the molecule is CC=C(O)C(=O)OCCCOc1c2ccccc2cc2ccccc12. The van der Waals surface area contributed by atoms with E-state index in [2.05, 4.69) is 18.2 Å². The number of hydrogen-bond acceptors (Lipinski definition) is 4. The molecule has 0 bridgehead atoms. The van der Waals surface area contributed by atoms with Gasteiger partial charge in [-0.3, -0.25) is 0 Å². The number of ether oxygens (including phenoxy) is 2. The van der Waals surface area contributed by atoms with Crippen LogP contribution in [0, 0.1) is 0 Å². The topological polar surface area (TPSA) is 55.8 Å². The van der Waals surface area contributed by atoms with E-state index < -0.39 is 5.97 Å². The Morgan fingerprint density at radius 1 is 1.00 bits per heavy atom. The summed E-state index contributed by atoms with van der Waals surface area (Å²) < 4.78 is 11.0. The molecule has 0 radical (unpaired) electrons. The number of esters is 1. The lowest BCUT2D eigenvalue weighted by Gasteiger charge is -2.13. The van der Waals surface area contributed by atoms with Gasteiger partial charge in [-0.2, -0.15) is 0 Å². The third-order valence-corrected chi connectivity index (χ3v) is 3.97. The molecule has 1 N–H and O–H groups in total. The summed E-state index contributed by atoms with van der Waals surface area (Å²) >= 11 is 0. The van der Waals surface area contributed by atoms with Crippen LogP contribution in [0.25, 0.3) is 21.5 Å². The van der Waals surface area contributed by atoms with Crippen LogP contribution in [0.5, 0.6) is 5.75 Å². The van der Waals surface area contributed by atoms with Crippen molar-refractivity contribution in [3.8, 4) is 5.75 Å². The molecule has 0 aromatic heterocycles. The summed E-state index contributed by atoms with van der Waals surface area (Å²) in [6.07, 6.45) is 1.85. The second kappa shape index (κ2) is 7.71. The summed E-state index contributed by atoms with van der Waals surface area (Å²) in [5.74, 6) is -0.240. The standard InChI is InChI=1S/C21H20O4/c1-2-19(22)21(23)25-13-7-12-24-20-17-10-5-3-8-15(17)14-16-9-4-6-11-18(16)20/h2-6,8-11,14,22H,7,12-13H2,1H3. The van der Waals surface area contributed by atoms with Gasteiger partial charge in [0.15, 0.2) is 5.76 Å². The number of allylic oxidation sites excluding steroid dienone is 1. The Balaban J connectivity index is 1.73. The van der Waals surface area contributed by atoms with E-state index in [0.717, 1.165) is 27.3 Å². The van der Waals surface area contributed by atoms with Gasteiger partial charge in [-0.15, -0.1) is 0 Å². The van der Waals surface area contributed by atoms with Gasteiger partial charge in [-0.25, -0.2) is 4.79 Å². The molecule has 4 nitrogen and oxygen atoms in total. The number of aliphatic hydroxyl groups is 1. The minimum absolute atomic E-state index is 0.194. The van der Waals surface area contributed by atoms with Crippen LogP contribution in [-0.4, -0.2) is 24.3 Å². The lowest BCUT2D eigenvalue weighted by Crippen LogP contribution is -2.11. The molecule has 0 unspecified atom stereocenters. The zero-order chi connectivity index (χ0) is 17.6. The van der Waals surface area contributed by atoms with Gasteiger partial charge in [0.05, 0.1) is 13.2 Å². The molecule has 0 heterocycles. The van der Waals surface area contributed by atoms with Crippen LogP contribution < -0.4 is 4.74 Å². The maximum Gasteiger partial charge on any atom is 0.373 e. The van der Waals surface area contributed by atoms with Crippen molar-refractivity contribution in [2.45, 2.75) is 13.3 Å². The van der Waals surface area contributed by atoms with Crippen molar-refractivity contribution in [3.63, 3.8) is 0 Å². The van der Waals surface area contributed by atoms with Gasteiger partial charge in [-0.1, -0.05) is 48.5 Å². The Kier molecular flexibility index (Phi) is 5.19. The summed E-state index contributed by atoms with van der Waals surface area (Å²) in [5, 5.41) is 13.6. The number of benzene rings is 3. The molecule has 0 spiro atoms. The van der Waals surface area contributed by atoms with Gasteiger partial charge < -0.3 is 14.6 Å². The van der Waals surface area contributed by atoms with Gasteiger partial charge in [0.25, 0.3) is 0 Å². The summed E-state index contributed by atoms with van der Waals surface area (Å²) in [4.78, 5) is 11.4. The number of carbonyl (C=O) groups is 1. The highest BCUT2D eigenvalue weighted by molar-refractivity contribution is 6.05. The molecule has 0 aliphatic heterocycles. The van der Waals surface area contributed by atoms with Gasteiger partial charge in [0, 0.05) is 17.2 Å². The van der Waals surface area contributed by atoms with E-state index >= 15 is 0 Å². The Morgan fingerprint density at radius 3 is 2.20 bits per heavy atom. The van der Waals surface area contributed by atoms with Crippen LogP contribution in [0.3, 0.4) is 0 Å². The summed E-state index contributed by atoms with van der Waals surface area (Å²) in [6.45, 7) is 2.19. The Morgan fingerprint density at radius 2 is 1.60 bits per heavy atom. The Hall–Kier alpha value is -3.01. The second-order valence-electron chi connectivity index (χ2n) is 5.66. The number of fused-ring (bicyclic) bond motifs is 2. The minimum atomic E-state index is -0.710. The maximum atomic E-state index is 11.4. The lowest BCUT2D eigenvalue weighted by atomic mass is 10.0. The molecule has 25 heavy (non-hydrogen) atoms. The average Bonchev–Trinajstić information content (AvgIpc) is 2.66. The van der Waals surface area contributed by atoms with E-state index in [1.165, 1.54) is 6.08 Å². The quantitative estimate of drug-likeness (QED) is 0.232. The van der Waals surface area contributed by atoms with Crippen molar-refractivity contribution in [1.82, 2.24) is 0 Å². The molecule has 3 aromatic carbocycles. The zero-order valence-electron chi connectivity index (χ0n) is 14.1. The number of rotatable bonds is 6. The van der Waals surface area contributed by atoms with E-state index in [0.29, 0.717) is 13.0 Å². The first-order chi connectivity index (χ1) is 12.2. The number of hydrogen-bond donors (Lipinski definition) is 1. The van der Waals surface area contributed by atoms with Crippen LogP contribution in [0.1, 0.15) is 13.3 Å². The van der Waals surface area contributed by atoms with Gasteiger partial charge in [-0.05, 0) is 29.8 Å². The monoisotopic (exact) mass is 336 g/mol. The molecule has 3 aromatic rings. The van der Waals surface area contributed by atoms with Crippen LogP contribution in [0.4, 0.5) is 0 Å². The molecule has 0 atom stereocenters. The highest BCUT2D eigenvalue weighted by atomic mass is 16.5. The molecule has 0 aliphatic carbocycles. The van der Waals surface area contributed by atoms with E-state index in [9.17, 15) is 9.90 Å². The highest BCUT2D eigenvalue weighted by Gasteiger charge is 2.10. The summed E-state index contributed by atoms with van der Waals surface area (Å²) in [5.41, 5.74) is 0. The van der Waals surface area contributed by atoms with Crippen molar-refractivity contribution in [2.75, 3.05) is 13.2 Å². The lowest BCUT2D eigenvalue weighted by molar-refractivity contribution is -0.142. The number of aliphatic hydroxyl groups excluding tert-OH is 1. The molecule has 128 valence electrons.